The molecule has 1 N–H and O–H groups in total. The van der Waals surface area contributed by atoms with Crippen LogP contribution in [0.4, 0.5) is 0 Å². The largest absolute Gasteiger partial charge is 0.481 e. The van der Waals surface area contributed by atoms with Crippen molar-refractivity contribution in [1.29, 1.82) is 0 Å². The Bertz CT molecular complexity index is 406. The van der Waals surface area contributed by atoms with Crippen LogP contribution in [0.2, 0.25) is 0 Å². The molecule has 1 saturated carbocycles. The fraction of sp³-hybridized carbons (Fsp3) is 0.643. The smallest absolute Gasteiger partial charge is 0.213 e. The van der Waals surface area contributed by atoms with Crippen LogP contribution in [0.1, 0.15) is 25.0 Å². The molecule has 0 bridgehead atoms. The minimum Gasteiger partial charge on any atom is -0.481 e. The predicted molar refractivity (Wildman–Crippen MR) is 70.6 cm³/mol. The molecule has 98 valence electrons. The number of likely N-dealkylation sites (tertiary alicyclic amines) is 1. The lowest BCUT2D eigenvalue weighted by Crippen LogP contribution is -2.33. The Morgan fingerprint density at radius 1 is 1.39 bits per heavy atom. The highest BCUT2D eigenvalue weighted by atomic mass is 16.5. The number of pyridine rings is 1. The summed E-state index contributed by atoms with van der Waals surface area (Å²) in [6, 6.07) is 7.44. The molecule has 0 amide bonds. The van der Waals surface area contributed by atoms with Gasteiger partial charge in [0, 0.05) is 37.8 Å². The summed E-state index contributed by atoms with van der Waals surface area (Å²) in [5.74, 6) is 0.695. The molecular weight excluding hydrogens is 226 g/mol. The first kappa shape index (κ1) is 11.9. The maximum absolute atomic E-state index is 5.14. The fourth-order valence-electron chi connectivity index (χ4n) is 2.64. The average molecular weight is 247 g/mol. The van der Waals surface area contributed by atoms with Crippen molar-refractivity contribution in [3.63, 3.8) is 0 Å². The van der Waals surface area contributed by atoms with Gasteiger partial charge in [0.25, 0.3) is 0 Å². The van der Waals surface area contributed by atoms with Gasteiger partial charge < -0.3 is 10.1 Å². The van der Waals surface area contributed by atoms with Crippen LogP contribution >= 0.6 is 0 Å². The van der Waals surface area contributed by atoms with Gasteiger partial charge in [-0.1, -0.05) is 6.07 Å². The molecule has 2 heterocycles. The number of aromatic nitrogens is 1. The summed E-state index contributed by atoms with van der Waals surface area (Å²) >= 11 is 0. The Hall–Kier alpha value is -1.13. The predicted octanol–water partition coefficient (Wildman–Crippen LogP) is 1.42. The molecule has 4 nitrogen and oxygen atoms in total. The maximum atomic E-state index is 5.14. The SMILES string of the molecule is COc1cccc(CNC2CCN(C3CC3)C2)n1. The summed E-state index contributed by atoms with van der Waals surface area (Å²) in [7, 11) is 1.66. The standard InChI is InChI=1S/C14H21N3O/c1-18-14-4-2-3-11(16-14)9-15-12-7-8-17(10-12)13-5-6-13/h2-4,12-13,15H,5-10H2,1H3. The Balaban J connectivity index is 1.48. The van der Waals surface area contributed by atoms with E-state index >= 15 is 0 Å². The molecule has 18 heavy (non-hydrogen) atoms. The van der Waals surface area contributed by atoms with Crippen LogP contribution in [0.25, 0.3) is 0 Å². The lowest BCUT2D eigenvalue weighted by molar-refractivity contribution is 0.317. The number of hydrogen-bond acceptors (Lipinski definition) is 4. The van der Waals surface area contributed by atoms with Crippen LogP contribution in [-0.2, 0) is 6.54 Å². The second-order valence-electron chi connectivity index (χ2n) is 5.26. The van der Waals surface area contributed by atoms with Gasteiger partial charge >= 0.3 is 0 Å². The van der Waals surface area contributed by atoms with E-state index in [1.54, 1.807) is 7.11 Å². The van der Waals surface area contributed by atoms with Crippen LogP contribution in [0, 0.1) is 0 Å². The van der Waals surface area contributed by atoms with E-state index in [0.717, 1.165) is 18.3 Å². The van der Waals surface area contributed by atoms with Crippen LogP contribution in [0.5, 0.6) is 5.88 Å². The fourth-order valence-corrected chi connectivity index (χ4v) is 2.64. The van der Waals surface area contributed by atoms with E-state index in [0.29, 0.717) is 11.9 Å². The van der Waals surface area contributed by atoms with Crippen molar-refractivity contribution in [3.8, 4) is 5.88 Å². The van der Waals surface area contributed by atoms with Crippen LogP contribution in [-0.4, -0.2) is 42.2 Å². The van der Waals surface area contributed by atoms with E-state index < -0.39 is 0 Å². The van der Waals surface area contributed by atoms with Gasteiger partial charge in [0.15, 0.2) is 0 Å². The molecule has 0 radical (unpaired) electrons. The van der Waals surface area contributed by atoms with Gasteiger partial charge in [-0.15, -0.1) is 0 Å². The topological polar surface area (TPSA) is 37.4 Å². The second-order valence-corrected chi connectivity index (χ2v) is 5.26. The first-order valence-corrected chi connectivity index (χ1v) is 6.82. The number of nitrogens with one attached hydrogen (secondary N) is 1. The van der Waals surface area contributed by atoms with Crippen LogP contribution in [0.15, 0.2) is 18.2 Å². The first-order chi connectivity index (χ1) is 8.85. The zero-order chi connectivity index (χ0) is 12.4. The van der Waals surface area contributed by atoms with Gasteiger partial charge in [-0.05, 0) is 25.3 Å². The summed E-state index contributed by atoms with van der Waals surface area (Å²) in [4.78, 5) is 7.04. The number of rotatable bonds is 5. The minimum atomic E-state index is 0.624. The van der Waals surface area contributed by atoms with Crippen molar-refractivity contribution in [1.82, 2.24) is 15.2 Å². The number of ether oxygens (including phenoxy) is 1. The van der Waals surface area contributed by atoms with Crippen molar-refractivity contribution in [2.24, 2.45) is 0 Å². The summed E-state index contributed by atoms with van der Waals surface area (Å²) in [6.07, 6.45) is 4.08. The molecule has 2 fully saturated rings. The lowest BCUT2D eigenvalue weighted by Gasteiger charge is -2.15. The summed E-state index contributed by atoms with van der Waals surface area (Å²) in [5, 5.41) is 3.60. The molecule has 1 aromatic heterocycles. The van der Waals surface area contributed by atoms with Gasteiger partial charge in [0.1, 0.15) is 0 Å². The van der Waals surface area contributed by atoms with Crippen molar-refractivity contribution < 1.29 is 4.74 Å². The zero-order valence-electron chi connectivity index (χ0n) is 10.9. The normalized spacial score (nSPS) is 24.4. The van der Waals surface area contributed by atoms with Gasteiger partial charge in [-0.3, -0.25) is 4.90 Å². The summed E-state index contributed by atoms with van der Waals surface area (Å²) < 4.78 is 5.14. The van der Waals surface area contributed by atoms with Crippen LogP contribution in [0.3, 0.4) is 0 Å². The van der Waals surface area contributed by atoms with E-state index in [1.807, 2.05) is 18.2 Å². The van der Waals surface area contributed by atoms with Crippen LogP contribution < -0.4 is 10.1 Å². The monoisotopic (exact) mass is 247 g/mol. The molecule has 1 aliphatic carbocycles. The zero-order valence-corrected chi connectivity index (χ0v) is 10.9. The number of nitrogens with zero attached hydrogens (tertiary/aromatic N) is 2. The highest BCUT2D eigenvalue weighted by Crippen LogP contribution is 2.29. The van der Waals surface area contributed by atoms with E-state index in [9.17, 15) is 0 Å². The summed E-state index contributed by atoms with van der Waals surface area (Å²) in [6.45, 7) is 3.29. The third kappa shape index (κ3) is 2.82. The Kier molecular flexibility index (Phi) is 3.48. The molecule has 1 aliphatic heterocycles. The first-order valence-electron chi connectivity index (χ1n) is 6.82. The lowest BCUT2D eigenvalue weighted by atomic mass is 10.2. The van der Waals surface area contributed by atoms with E-state index in [4.69, 9.17) is 4.74 Å². The quantitative estimate of drug-likeness (QED) is 0.854. The Labute approximate surface area is 108 Å². The minimum absolute atomic E-state index is 0.624. The molecule has 1 aromatic rings. The van der Waals surface area contributed by atoms with Crippen molar-refractivity contribution in [3.05, 3.63) is 23.9 Å². The molecule has 4 heteroatoms. The van der Waals surface area contributed by atoms with Gasteiger partial charge in [0.05, 0.1) is 12.8 Å². The molecule has 0 aromatic carbocycles. The van der Waals surface area contributed by atoms with Gasteiger partial charge in [-0.25, -0.2) is 4.98 Å². The average Bonchev–Trinajstić information content (AvgIpc) is 3.16. The third-order valence-corrected chi connectivity index (χ3v) is 3.85. The Morgan fingerprint density at radius 2 is 2.28 bits per heavy atom. The van der Waals surface area contributed by atoms with E-state index in [2.05, 4.69) is 15.2 Å². The van der Waals surface area contributed by atoms with E-state index in [1.165, 1.54) is 32.4 Å². The second kappa shape index (κ2) is 5.24. The number of hydrogen-bond donors (Lipinski definition) is 1. The van der Waals surface area contributed by atoms with Gasteiger partial charge in [-0.2, -0.15) is 0 Å². The summed E-state index contributed by atoms with van der Waals surface area (Å²) in [5.41, 5.74) is 1.05. The highest BCUT2D eigenvalue weighted by Gasteiger charge is 2.33. The molecule has 1 saturated heterocycles. The maximum Gasteiger partial charge on any atom is 0.213 e. The molecule has 0 spiro atoms. The third-order valence-electron chi connectivity index (χ3n) is 3.85. The number of methoxy groups -OCH3 is 1. The van der Waals surface area contributed by atoms with Gasteiger partial charge in [0.2, 0.25) is 5.88 Å². The molecule has 1 atom stereocenters. The molecule has 2 aliphatic rings. The molecular formula is C14H21N3O. The molecule has 3 rings (SSSR count). The highest BCUT2D eigenvalue weighted by molar-refractivity contribution is 5.15. The van der Waals surface area contributed by atoms with Crippen molar-refractivity contribution in [2.45, 2.75) is 37.9 Å². The van der Waals surface area contributed by atoms with Crippen molar-refractivity contribution >= 4 is 0 Å². The van der Waals surface area contributed by atoms with E-state index in [-0.39, 0.29) is 0 Å². The van der Waals surface area contributed by atoms with Crippen molar-refractivity contribution in [2.75, 3.05) is 20.2 Å². The molecule has 1 unspecified atom stereocenters. The Morgan fingerprint density at radius 3 is 3.06 bits per heavy atom.